The van der Waals surface area contributed by atoms with E-state index in [2.05, 4.69) is 376 Å². The first kappa shape index (κ1) is 60.8. The Kier molecular flexibility index (Phi) is 13.0. The van der Waals surface area contributed by atoms with E-state index in [1.54, 1.807) is 0 Å². The van der Waals surface area contributed by atoms with Crippen LogP contribution >= 0.6 is 0 Å². The van der Waals surface area contributed by atoms with Gasteiger partial charge in [-0.1, -0.05) is 322 Å². The molecule has 0 radical (unpaired) electrons. The quantitative estimate of drug-likeness (QED) is 0.106. The van der Waals surface area contributed by atoms with Crippen molar-refractivity contribution in [3.05, 3.63) is 376 Å². The van der Waals surface area contributed by atoms with Crippen LogP contribution in [0.1, 0.15) is 0 Å². The topological polar surface area (TPSA) is 26.3 Å². The number of hydrogen-bond donors (Lipinski definition) is 0. The summed E-state index contributed by atoms with van der Waals surface area (Å²) in [6, 6.07) is 140. The highest BCUT2D eigenvalue weighted by Crippen LogP contribution is 2.56. The smallest absolute Gasteiger partial charge is 0.143 e. The Morgan fingerprint density at radius 2 is 0.464 bits per heavy atom. The summed E-state index contributed by atoms with van der Waals surface area (Å²) in [4.78, 5) is 0. The van der Waals surface area contributed by atoms with Crippen molar-refractivity contribution in [1.29, 1.82) is 0 Å². The van der Waals surface area contributed by atoms with Crippen LogP contribution in [0, 0.1) is 0 Å². The molecule has 0 fully saturated rings. The molecule has 0 atom stereocenters. The lowest BCUT2D eigenvalue weighted by molar-refractivity contribution is 0.670. The summed E-state index contributed by atoms with van der Waals surface area (Å²) < 4.78 is 14.2. The average molecular weight is 1390 g/mol. The van der Waals surface area contributed by atoms with E-state index < -0.39 is 0 Å². The van der Waals surface area contributed by atoms with Crippen LogP contribution in [0.3, 0.4) is 0 Å². The zero-order valence-electron chi connectivity index (χ0n) is 59.6. The minimum absolute atomic E-state index is 0.862. The molecule has 0 spiro atoms. The molecule has 2 heterocycles. The second-order valence-corrected chi connectivity index (χ2v) is 29.8. The van der Waals surface area contributed by atoms with Crippen LogP contribution in [-0.4, -0.2) is 0 Å². The van der Waals surface area contributed by atoms with E-state index in [1.807, 2.05) is 0 Å². The predicted octanol–water partition coefficient (Wildman–Crippen LogP) is 30.8. The fourth-order valence-electron chi connectivity index (χ4n) is 19.4. The Morgan fingerprint density at radius 1 is 0.136 bits per heavy atom. The van der Waals surface area contributed by atoms with E-state index in [-0.39, 0.29) is 0 Å². The largest absolute Gasteiger partial charge is 0.455 e. The standard InChI is InChI=1S/C108H62O2/c1-2-24-63(25-3-1)69-59-94-78-34-18-20-46-98(78)109-107(94)96(61-69)104-86-42-14-12-40-84(86)103(85-41-13-15-43-87(85)104)81-37-9-7-32-74(81)77-54-55-91-72-30-4-5-33-75(72)92-57-70(58-93(77)106(91)92)67-28-23-29-68(56-67)71-60-95-79-35-19-21-47-99(79)110-108(95)97(62-71)105-88-44-16-10-38-82(88)102(83-39-11-17-45-89(83)105)80-36-8-6-31-73(80)76-52-50-66-49-48-64-26-22-27-65-51-53-90(76)101(66)100(64)65/h1-62H. The molecule has 0 amide bonds. The van der Waals surface area contributed by atoms with Crippen molar-refractivity contribution < 1.29 is 8.83 Å². The fourth-order valence-corrected chi connectivity index (χ4v) is 19.4. The average Bonchev–Trinajstić information content (AvgIpc) is 1.50. The Morgan fingerprint density at radius 3 is 0.964 bits per heavy atom. The zero-order valence-corrected chi connectivity index (χ0v) is 59.6. The lowest BCUT2D eigenvalue weighted by Gasteiger charge is -2.21. The minimum Gasteiger partial charge on any atom is -0.455 e. The monoisotopic (exact) mass is 1390 g/mol. The first-order valence-corrected chi connectivity index (χ1v) is 38.1. The van der Waals surface area contributed by atoms with Crippen molar-refractivity contribution in [2.45, 2.75) is 0 Å². The molecule has 24 rings (SSSR count). The van der Waals surface area contributed by atoms with E-state index in [0.29, 0.717) is 0 Å². The second kappa shape index (κ2) is 23.5. The van der Waals surface area contributed by atoms with Crippen molar-refractivity contribution in [3.8, 4) is 122 Å². The van der Waals surface area contributed by atoms with Gasteiger partial charge in [0.05, 0.1) is 0 Å². The van der Waals surface area contributed by atoms with E-state index >= 15 is 0 Å². The molecule has 21 aromatic carbocycles. The SMILES string of the molecule is c1ccc(-c2cc(-c3c4ccccc4c(-c4ccccc4-c4ccc5c6c(cc(-c7cccc(-c8cc(-c9c%10ccccc%10c(-c%10ccccc%10-c%10ccc%11ccc%12cccc%13ccc%10c%11c%12%13)c%10ccccc9%10)c9oc%10ccccc%10c9c8)c7)cc46)-c4ccccc4-5)c4ccccc34)c3oc4ccccc4c3c2)cc1. The third-order valence-electron chi connectivity index (χ3n) is 24.1. The Balaban J connectivity index is 0.687. The third-order valence-corrected chi connectivity index (χ3v) is 24.1. The van der Waals surface area contributed by atoms with Crippen molar-refractivity contribution in [1.82, 2.24) is 0 Å². The van der Waals surface area contributed by atoms with Crippen molar-refractivity contribution in [2.75, 3.05) is 0 Å². The Hall–Kier alpha value is -14.4. The lowest BCUT2D eigenvalue weighted by Crippen LogP contribution is -1.94. The Labute approximate surface area is 633 Å². The molecule has 2 nitrogen and oxygen atoms in total. The number of hydrogen-bond acceptors (Lipinski definition) is 2. The first-order chi connectivity index (χ1) is 54.6. The summed E-state index contributed by atoms with van der Waals surface area (Å²) in [6.07, 6.45) is 0. The lowest BCUT2D eigenvalue weighted by atomic mass is 9.82. The zero-order chi connectivity index (χ0) is 71.8. The number of rotatable bonds is 9. The normalized spacial score (nSPS) is 12.2. The van der Waals surface area contributed by atoms with Crippen LogP contribution in [-0.2, 0) is 0 Å². The van der Waals surface area contributed by atoms with Gasteiger partial charge in [-0.3, -0.25) is 0 Å². The van der Waals surface area contributed by atoms with Crippen molar-refractivity contribution in [2.24, 2.45) is 0 Å². The molecule has 0 bridgehead atoms. The van der Waals surface area contributed by atoms with Gasteiger partial charge < -0.3 is 8.83 Å². The molecule has 1 aliphatic rings. The minimum atomic E-state index is 0.862. The molecular weight excluding hydrogens is 1330 g/mol. The molecule has 110 heavy (non-hydrogen) atoms. The maximum Gasteiger partial charge on any atom is 0.143 e. The third kappa shape index (κ3) is 8.87. The van der Waals surface area contributed by atoms with Crippen LogP contribution in [0.2, 0.25) is 0 Å². The fraction of sp³-hybridized carbons (Fsp3) is 0. The van der Waals surface area contributed by atoms with Gasteiger partial charge in [-0.15, -0.1) is 0 Å². The molecule has 2 heteroatoms. The molecule has 1 aliphatic carbocycles. The summed E-state index contributed by atoms with van der Waals surface area (Å²) in [5.74, 6) is 0. The van der Waals surface area contributed by atoms with Gasteiger partial charge in [-0.2, -0.15) is 0 Å². The number of furan rings is 2. The Bertz CT molecular complexity index is 7770. The molecule has 23 aromatic rings. The van der Waals surface area contributed by atoms with Gasteiger partial charge >= 0.3 is 0 Å². The molecule has 0 N–H and O–H groups in total. The molecular formula is C108H62O2. The van der Waals surface area contributed by atoms with E-state index in [1.165, 1.54) is 142 Å². The summed E-state index contributed by atoms with van der Waals surface area (Å²) in [5, 5.41) is 24.0. The van der Waals surface area contributed by atoms with Gasteiger partial charge in [0, 0.05) is 43.8 Å². The highest BCUT2D eigenvalue weighted by molar-refractivity contribution is 6.31. The van der Waals surface area contributed by atoms with Gasteiger partial charge in [-0.25, -0.2) is 0 Å². The van der Waals surface area contributed by atoms with Crippen LogP contribution < -0.4 is 0 Å². The van der Waals surface area contributed by atoms with Gasteiger partial charge in [0.2, 0.25) is 0 Å². The van der Waals surface area contributed by atoms with Crippen LogP contribution in [0.4, 0.5) is 0 Å². The predicted molar refractivity (Wildman–Crippen MR) is 466 cm³/mol. The van der Waals surface area contributed by atoms with Crippen molar-refractivity contribution in [3.63, 3.8) is 0 Å². The first-order valence-electron chi connectivity index (χ1n) is 38.1. The maximum atomic E-state index is 7.19. The van der Waals surface area contributed by atoms with Gasteiger partial charge in [0.1, 0.15) is 22.3 Å². The molecule has 2 aromatic heterocycles. The molecule has 0 unspecified atom stereocenters. The van der Waals surface area contributed by atoms with Crippen molar-refractivity contribution >= 4 is 130 Å². The van der Waals surface area contributed by atoms with E-state index in [4.69, 9.17) is 8.83 Å². The molecule has 506 valence electrons. The molecule has 0 aliphatic heterocycles. The highest BCUT2D eigenvalue weighted by atomic mass is 16.3. The van der Waals surface area contributed by atoms with Crippen LogP contribution in [0.5, 0.6) is 0 Å². The summed E-state index contributed by atoms with van der Waals surface area (Å²) in [7, 11) is 0. The van der Waals surface area contributed by atoms with Gasteiger partial charge in [0.15, 0.2) is 0 Å². The second-order valence-electron chi connectivity index (χ2n) is 29.8. The van der Waals surface area contributed by atoms with E-state index in [9.17, 15) is 0 Å². The van der Waals surface area contributed by atoms with Gasteiger partial charge in [-0.05, 0) is 241 Å². The number of benzene rings is 21. The van der Waals surface area contributed by atoms with E-state index in [0.717, 1.165) is 110 Å². The molecule has 0 saturated heterocycles. The van der Waals surface area contributed by atoms with Gasteiger partial charge in [0.25, 0.3) is 0 Å². The van der Waals surface area contributed by atoms with Crippen LogP contribution in [0.15, 0.2) is 385 Å². The summed E-state index contributed by atoms with van der Waals surface area (Å²) in [6.45, 7) is 0. The molecule has 0 saturated carbocycles. The van der Waals surface area contributed by atoms with Crippen LogP contribution in [0.25, 0.3) is 252 Å². The highest BCUT2D eigenvalue weighted by Gasteiger charge is 2.30. The summed E-state index contributed by atoms with van der Waals surface area (Å²) >= 11 is 0. The number of para-hydroxylation sites is 2. The maximum absolute atomic E-state index is 7.19. The summed E-state index contributed by atoms with van der Waals surface area (Å²) in [5.41, 5.74) is 29.4. The number of fused-ring (bicyclic) bond motifs is 13.